The molecule has 1 aromatic rings. The molecule has 6 nitrogen and oxygen atoms in total. The van der Waals surface area contributed by atoms with E-state index in [1.165, 1.54) is 38.4 Å². The molecule has 1 aliphatic rings. The Kier molecular flexibility index (Phi) is 4.97. The number of sulfonamides is 1. The summed E-state index contributed by atoms with van der Waals surface area (Å²) in [6.07, 6.45) is 2.02. The fourth-order valence-electron chi connectivity index (χ4n) is 2.25. The van der Waals surface area contributed by atoms with E-state index >= 15 is 0 Å². The maximum atomic E-state index is 12.0. The van der Waals surface area contributed by atoms with E-state index < -0.39 is 22.1 Å². The third-order valence-electron chi connectivity index (χ3n) is 3.62. The minimum absolute atomic E-state index is 0.0496. The van der Waals surface area contributed by atoms with Crippen molar-refractivity contribution in [1.82, 2.24) is 4.31 Å². The smallest absolute Gasteiger partial charge is 0.338 e. The van der Waals surface area contributed by atoms with Crippen molar-refractivity contribution in [3.63, 3.8) is 0 Å². The van der Waals surface area contributed by atoms with Crippen LogP contribution in [-0.4, -0.2) is 44.7 Å². The summed E-state index contributed by atoms with van der Waals surface area (Å²) in [4.78, 5) is 23.8. The van der Waals surface area contributed by atoms with E-state index in [0.29, 0.717) is 12.8 Å². The molecule has 0 saturated heterocycles. The number of benzene rings is 1. The predicted molar refractivity (Wildman–Crippen MR) is 80.0 cm³/mol. The highest BCUT2D eigenvalue weighted by Crippen LogP contribution is 2.20. The third kappa shape index (κ3) is 3.53. The average Bonchev–Trinajstić information content (AvgIpc) is 2.49. The van der Waals surface area contributed by atoms with Gasteiger partial charge in [-0.3, -0.25) is 4.79 Å². The first-order valence-electron chi connectivity index (χ1n) is 7.08. The van der Waals surface area contributed by atoms with Gasteiger partial charge in [-0.15, -0.1) is 0 Å². The van der Waals surface area contributed by atoms with Crippen LogP contribution in [0.3, 0.4) is 0 Å². The van der Waals surface area contributed by atoms with Crippen LogP contribution in [-0.2, 0) is 19.6 Å². The van der Waals surface area contributed by atoms with Crippen LogP contribution in [0.1, 0.15) is 36.0 Å². The molecule has 22 heavy (non-hydrogen) atoms. The second-order valence-corrected chi connectivity index (χ2v) is 7.57. The molecular weight excluding hydrogens is 306 g/mol. The van der Waals surface area contributed by atoms with Gasteiger partial charge in [0.05, 0.1) is 10.5 Å². The number of ketones is 1. The second-order valence-electron chi connectivity index (χ2n) is 5.42. The summed E-state index contributed by atoms with van der Waals surface area (Å²) < 4.78 is 30.2. The standard InChI is InChI=1S/C15H19NO5S/c1-16(2)22(19,20)12-9-7-11(8-10-12)15(18)21-14-6-4-3-5-13(14)17/h7-10,14H,3-6H2,1-2H3/t14-/m1/s1. The lowest BCUT2D eigenvalue weighted by Gasteiger charge is -2.20. The predicted octanol–water partition coefficient (Wildman–Crippen LogP) is 1.61. The normalized spacial score (nSPS) is 19.2. The Bertz CT molecular complexity index is 664. The Morgan fingerprint density at radius 1 is 1.18 bits per heavy atom. The number of nitrogens with zero attached hydrogens (tertiary/aromatic N) is 1. The van der Waals surface area contributed by atoms with Crippen LogP contribution in [0, 0.1) is 0 Å². The van der Waals surface area contributed by atoms with E-state index in [0.717, 1.165) is 17.1 Å². The van der Waals surface area contributed by atoms with Crippen LogP contribution in [0.2, 0.25) is 0 Å². The van der Waals surface area contributed by atoms with E-state index in [1.54, 1.807) is 0 Å². The number of hydrogen-bond acceptors (Lipinski definition) is 5. The van der Waals surface area contributed by atoms with Crippen molar-refractivity contribution in [2.45, 2.75) is 36.7 Å². The molecule has 0 unspecified atom stereocenters. The Morgan fingerprint density at radius 2 is 1.82 bits per heavy atom. The van der Waals surface area contributed by atoms with Crippen LogP contribution >= 0.6 is 0 Å². The Labute approximate surface area is 130 Å². The highest BCUT2D eigenvalue weighted by Gasteiger charge is 2.26. The molecule has 1 saturated carbocycles. The first kappa shape index (κ1) is 16.6. The van der Waals surface area contributed by atoms with Crippen molar-refractivity contribution in [3.05, 3.63) is 29.8 Å². The summed E-state index contributed by atoms with van der Waals surface area (Å²) in [6.45, 7) is 0. The summed E-state index contributed by atoms with van der Waals surface area (Å²) >= 11 is 0. The molecule has 0 aromatic heterocycles. The number of rotatable bonds is 4. The molecular formula is C15H19NO5S. The number of esters is 1. The van der Waals surface area contributed by atoms with Gasteiger partial charge in [0.1, 0.15) is 0 Å². The molecule has 0 aliphatic heterocycles. The Balaban J connectivity index is 2.10. The van der Waals surface area contributed by atoms with Crippen molar-refractivity contribution in [2.75, 3.05) is 14.1 Å². The first-order chi connectivity index (χ1) is 10.3. The first-order valence-corrected chi connectivity index (χ1v) is 8.52. The molecule has 0 bridgehead atoms. The number of Topliss-reactive ketones (excluding diaryl/α,β-unsaturated/α-hetero) is 1. The van der Waals surface area contributed by atoms with Crippen molar-refractivity contribution in [3.8, 4) is 0 Å². The summed E-state index contributed by atoms with van der Waals surface area (Å²) in [6, 6.07) is 5.50. The Morgan fingerprint density at radius 3 is 2.36 bits per heavy atom. The highest BCUT2D eigenvalue weighted by molar-refractivity contribution is 7.89. The lowest BCUT2D eigenvalue weighted by atomic mass is 9.96. The van der Waals surface area contributed by atoms with Gasteiger partial charge in [0.2, 0.25) is 10.0 Å². The van der Waals surface area contributed by atoms with Gasteiger partial charge in [-0.2, -0.15) is 0 Å². The van der Waals surface area contributed by atoms with Gasteiger partial charge >= 0.3 is 5.97 Å². The third-order valence-corrected chi connectivity index (χ3v) is 5.45. The molecule has 1 aliphatic carbocycles. The zero-order valence-electron chi connectivity index (χ0n) is 12.6. The molecule has 2 rings (SSSR count). The van der Waals surface area contributed by atoms with E-state index in [9.17, 15) is 18.0 Å². The van der Waals surface area contributed by atoms with Crippen molar-refractivity contribution >= 4 is 21.8 Å². The fourth-order valence-corrected chi connectivity index (χ4v) is 3.15. The molecule has 0 N–H and O–H groups in total. The van der Waals surface area contributed by atoms with E-state index in [4.69, 9.17) is 4.74 Å². The van der Waals surface area contributed by atoms with Gasteiger partial charge in [0.25, 0.3) is 0 Å². The SMILES string of the molecule is CN(C)S(=O)(=O)c1ccc(C(=O)O[C@@H]2CCCCC2=O)cc1. The van der Waals surface area contributed by atoms with Gasteiger partial charge in [-0.05, 0) is 43.5 Å². The van der Waals surface area contributed by atoms with Crippen LogP contribution in [0.5, 0.6) is 0 Å². The van der Waals surface area contributed by atoms with Crippen molar-refractivity contribution in [1.29, 1.82) is 0 Å². The van der Waals surface area contributed by atoms with Crippen LogP contribution in [0.4, 0.5) is 0 Å². The van der Waals surface area contributed by atoms with Gasteiger partial charge in [-0.1, -0.05) is 0 Å². The zero-order chi connectivity index (χ0) is 16.3. The molecule has 0 radical (unpaired) electrons. The van der Waals surface area contributed by atoms with E-state index in [2.05, 4.69) is 0 Å². The lowest BCUT2D eigenvalue weighted by Crippen LogP contribution is -2.30. The summed E-state index contributed by atoms with van der Waals surface area (Å²) in [7, 11) is -0.655. The zero-order valence-corrected chi connectivity index (χ0v) is 13.4. The molecule has 0 heterocycles. The van der Waals surface area contributed by atoms with Crippen LogP contribution in [0.25, 0.3) is 0 Å². The monoisotopic (exact) mass is 325 g/mol. The van der Waals surface area contributed by atoms with Crippen molar-refractivity contribution < 1.29 is 22.7 Å². The maximum Gasteiger partial charge on any atom is 0.338 e. The quantitative estimate of drug-likeness (QED) is 0.786. The van der Waals surface area contributed by atoms with Gasteiger partial charge in [0, 0.05) is 20.5 Å². The van der Waals surface area contributed by atoms with Crippen LogP contribution < -0.4 is 0 Å². The number of carbonyl (C=O) groups is 2. The van der Waals surface area contributed by atoms with E-state index in [1.807, 2.05) is 0 Å². The summed E-state index contributed by atoms with van der Waals surface area (Å²) in [5.74, 6) is -0.652. The molecule has 0 spiro atoms. The summed E-state index contributed by atoms with van der Waals surface area (Å²) in [5, 5.41) is 0. The second kappa shape index (κ2) is 6.58. The maximum absolute atomic E-state index is 12.0. The summed E-state index contributed by atoms with van der Waals surface area (Å²) in [5.41, 5.74) is 0.232. The minimum Gasteiger partial charge on any atom is -0.451 e. The Hall–Kier alpha value is -1.73. The van der Waals surface area contributed by atoms with Crippen molar-refractivity contribution in [2.24, 2.45) is 0 Å². The average molecular weight is 325 g/mol. The number of hydrogen-bond donors (Lipinski definition) is 0. The molecule has 1 atom stereocenters. The number of carbonyl (C=O) groups excluding carboxylic acids is 2. The molecule has 1 fully saturated rings. The largest absolute Gasteiger partial charge is 0.451 e. The minimum atomic E-state index is -3.53. The van der Waals surface area contributed by atoms with Gasteiger partial charge < -0.3 is 4.74 Å². The highest BCUT2D eigenvalue weighted by atomic mass is 32.2. The van der Waals surface area contributed by atoms with Gasteiger partial charge in [-0.25, -0.2) is 17.5 Å². The van der Waals surface area contributed by atoms with Gasteiger partial charge in [0.15, 0.2) is 11.9 Å². The molecule has 1 aromatic carbocycles. The molecule has 120 valence electrons. The number of ether oxygens (including phenoxy) is 1. The fraction of sp³-hybridized carbons (Fsp3) is 0.467. The topological polar surface area (TPSA) is 80.8 Å². The molecule has 7 heteroatoms. The lowest BCUT2D eigenvalue weighted by molar-refractivity contribution is -0.129. The van der Waals surface area contributed by atoms with E-state index in [-0.39, 0.29) is 16.2 Å². The van der Waals surface area contributed by atoms with Crippen LogP contribution in [0.15, 0.2) is 29.2 Å². The molecule has 0 amide bonds.